The van der Waals surface area contributed by atoms with Crippen LogP contribution >= 0.6 is 0 Å². The summed E-state index contributed by atoms with van der Waals surface area (Å²) < 4.78 is 19.2. The molecule has 1 aliphatic heterocycles. The highest BCUT2D eigenvalue weighted by atomic mass is 16.8. The van der Waals surface area contributed by atoms with Crippen LogP contribution in [-0.2, 0) is 25.4 Å². The van der Waals surface area contributed by atoms with Gasteiger partial charge in [-0.25, -0.2) is 15.0 Å². The number of fused-ring (bicyclic) bond motifs is 1. The molecule has 0 bridgehead atoms. The molecule has 12 nitrogen and oxygen atoms in total. The number of methoxy groups -OCH3 is 2. The Balaban J connectivity index is 1.58. The number of carbonyl (C=O) groups is 1. The number of carbonyl (C=O) groups excluding carboxylic acids is 1. The average Bonchev–Trinajstić information content (AvgIpc) is 3.73. The first-order valence-corrected chi connectivity index (χ1v) is 15.9. The average molecular weight is 674 g/mol. The zero-order valence-electron chi connectivity index (χ0n) is 27.2. The Bertz CT molecular complexity index is 1980. The lowest BCUT2D eigenvalue weighted by molar-refractivity contribution is -0.396. The van der Waals surface area contributed by atoms with Gasteiger partial charge < -0.3 is 34.8 Å². The Morgan fingerprint density at radius 2 is 1.28 bits per heavy atom. The first-order valence-electron chi connectivity index (χ1n) is 15.9. The van der Waals surface area contributed by atoms with Crippen molar-refractivity contribution >= 4 is 22.9 Å². The molecule has 1 aliphatic rings. The number of anilines is 1. The van der Waals surface area contributed by atoms with E-state index >= 15 is 0 Å². The van der Waals surface area contributed by atoms with Gasteiger partial charge in [0.15, 0.2) is 28.8 Å². The molecule has 1 amide bonds. The number of hydrogen-bond acceptors (Lipinski definition) is 10. The Morgan fingerprint density at radius 3 is 1.78 bits per heavy atom. The third-order valence-corrected chi connectivity index (χ3v) is 9.40. The number of aromatic nitrogens is 4. The van der Waals surface area contributed by atoms with Crippen molar-refractivity contribution in [1.29, 1.82) is 0 Å². The van der Waals surface area contributed by atoms with Crippen LogP contribution in [0.1, 0.15) is 27.0 Å². The first kappa shape index (κ1) is 33.2. The van der Waals surface area contributed by atoms with Gasteiger partial charge >= 0.3 is 5.97 Å². The molecule has 0 saturated carbocycles. The number of nitrogens with one attached hydrogen (secondary N) is 1. The lowest BCUT2D eigenvalue weighted by Crippen LogP contribution is -2.61. The Morgan fingerprint density at radius 1 is 0.780 bits per heavy atom. The molecule has 1 saturated heterocycles. The number of amides is 1. The van der Waals surface area contributed by atoms with Crippen LogP contribution in [0.2, 0.25) is 0 Å². The molecule has 254 valence electrons. The minimum Gasteiger partial charge on any atom is -0.387 e. The monoisotopic (exact) mass is 673 g/mol. The van der Waals surface area contributed by atoms with Crippen molar-refractivity contribution in [3.8, 4) is 0 Å². The number of ether oxygens (including phenoxy) is 3. The maximum Gasteiger partial charge on any atom is 0.310 e. The summed E-state index contributed by atoms with van der Waals surface area (Å²) in [5.41, 5.74) is -0.854. The molecule has 0 radical (unpaired) electrons. The molecule has 4 aromatic carbocycles. The summed E-state index contributed by atoms with van der Waals surface area (Å²) in [6, 6.07) is 36.9. The van der Waals surface area contributed by atoms with Gasteiger partial charge in [0.05, 0.1) is 11.7 Å². The minimum atomic E-state index is -2.50. The molecule has 50 heavy (non-hydrogen) atoms. The van der Waals surface area contributed by atoms with Gasteiger partial charge in [-0.05, 0) is 28.8 Å². The first-order chi connectivity index (χ1) is 24.3. The van der Waals surface area contributed by atoms with E-state index in [0.29, 0.717) is 22.3 Å². The van der Waals surface area contributed by atoms with Gasteiger partial charge in [-0.15, -0.1) is 0 Å². The maximum absolute atomic E-state index is 13.3. The summed E-state index contributed by atoms with van der Waals surface area (Å²) >= 11 is 0. The Kier molecular flexibility index (Phi) is 8.74. The smallest absolute Gasteiger partial charge is 0.310 e. The van der Waals surface area contributed by atoms with Crippen LogP contribution in [0.25, 0.3) is 11.2 Å². The number of benzene rings is 4. The normalized spacial score (nSPS) is 20.9. The van der Waals surface area contributed by atoms with Crippen LogP contribution in [0.4, 0.5) is 5.82 Å². The number of imidazole rings is 1. The SMILES string of the molecule is COC(O)(OC)[C@H]1O[C@](n2cnc3c(NC(=O)c4ccccc4)ncnc32)(C(c2ccccc2)(c2ccccc2)c2ccccc2)[C@H](O)[C@@H]1O. The fraction of sp³-hybridized carbons (Fsp3) is 0.211. The topological polar surface area (TPSA) is 161 Å². The van der Waals surface area contributed by atoms with Gasteiger partial charge in [-0.1, -0.05) is 109 Å². The van der Waals surface area contributed by atoms with Crippen molar-refractivity contribution < 1.29 is 34.3 Å². The lowest BCUT2D eigenvalue weighted by atomic mass is 9.60. The van der Waals surface area contributed by atoms with Crippen LogP contribution in [0.15, 0.2) is 134 Å². The summed E-state index contributed by atoms with van der Waals surface area (Å²) in [6.07, 6.45) is -2.58. The summed E-state index contributed by atoms with van der Waals surface area (Å²) in [6.45, 7) is 0. The molecule has 12 heteroatoms. The van der Waals surface area contributed by atoms with E-state index in [1.807, 2.05) is 97.1 Å². The summed E-state index contributed by atoms with van der Waals surface area (Å²) in [5, 5.41) is 39.0. The number of rotatable bonds is 10. The third-order valence-electron chi connectivity index (χ3n) is 9.40. The molecule has 0 aliphatic carbocycles. The molecule has 7 rings (SSSR count). The van der Waals surface area contributed by atoms with Gasteiger partial charge in [-0.3, -0.25) is 9.36 Å². The van der Waals surface area contributed by atoms with Gasteiger partial charge in [0.25, 0.3) is 5.91 Å². The molecule has 0 spiro atoms. The number of nitrogens with zero attached hydrogens (tertiary/aromatic N) is 4. The number of aliphatic hydroxyl groups is 3. The van der Waals surface area contributed by atoms with E-state index in [2.05, 4.69) is 20.3 Å². The largest absolute Gasteiger partial charge is 0.387 e. The van der Waals surface area contributed by atoms with Gasteiger partial charge in [0.2, 0.25) is 0 Å². The molecule has 6 aromatic rings. The van der Waals surface area contributed by atoms with Crippen LogP contribution in [0, 0.1) is 0 Å². The van der Waals surface area contributed by atoms with E-state index in [0.717, 1.165) is 0 Å². The molecule has 4 N–H and O–H groups in total. The van der Waals surface area contributed by atoms with Gasteiger partial charge in [0, 0.05) is 19.8 Å². The van der Waals surface area contributed by atoms with Crippen molar-refractivity contribution in [2.24, 2.45) is 0 Å². The van der Waals surface area contributed by atoms with Gasteiger partial charge in [-0.2, -0.15) is 0 Å². The lowest BCUT2D eigenvalue weighted by Gasteiger charge is -2.51. The molecule has 1 fully saturated rings. The molecule has 0 unspecified atom stereocenters. The standard InChI is InChI=1S/C38H35N5O7/c1-48-38(47,49-2)32-30(44)31(45)37(50-32,43-24-41-29-33(39-23-40-34(29)43)42-35(46)25-15-7-3-8-16-25)36(26-17-9-4-10-18-26,27-19-11-5-12-20-27)28-21-13-6-14-22-28/h3-24,30-32,44-45,47H,1-2H3,(H,39,40,42,46)/t30-,31+,32-,37-/m0/s1. The van der Waals surface area contributed by atoms with Crippen LogP contribution in [0.3, 0.4) is 0 Å². The van der Waals surface area contributed by atoms with E-state index < -0.39 is 41.3 Å². The van der Waals surface area contributed by atoms with Crippen LogP contribution < -0.4 is 5.32 Å². The van der Waals surface area contributed by atoms with Crippen molar-refractivity contribution in [3.63, 3.8) is 0 Å². The minimum absolute atomic E-state index is 0.109. The molecule has 4 atom stereocenters. The van der Waals surface area contributed by atoms with Crippen LogP contribution in [0.5, 0.6) is 0 Å². The quantitative estimate of drug-likeness (QED) is 0.124. The predicted octanol–water partition coefficient (Wildman–Crippen LogP) is 3.83. The molecular formula is C38H35N5O7. The molecular weight excluding hydrogens is 638 g/mol. The number of aliphatic hydroxyl groups excluding tert-OH is 2. The van der Waals surface area contributed by atoms with E-state index in [-0.39, 0.29) is 17.0 Å². The highest BCUT2D eigenvalue weighted by molar-refractivity contribution is 6.06. The van der Waals surface area contributed by atoms with Crippen molar-refractivity contribution in [2.75, 3.05) is 19.5 Å². The summed E-state index contributed by atoms with van der Waals surface area (Å²) in [5.74, 6) is -2.81. The van der Waals surface area contributed by atoms with Crippen molar-refractivity contribution in [3.05, 3.63) is 156 Å². The second-order valence-corrected chi connectivity index (χ2v) is 11.9. The second kappa shape index (κ2) is 13.2. The van der Waals surface area contributed by atoms with E-state index in [4.69, 9.17) is 14.2 Å². The Hall–Kier alpha value is -5.34. The van der Waals surface area contributed by atoms with E-state index in [1.54, 1.807) is 24.3 Å². The van der Waals surface area contributed by atoms with E-state index in [9.17, 15) is 20.1 Å². The summed E-state index contributed by atoms with van der Waals surface area (Å²) in [7, 11) is 2.40. The molecule has 3 heterocycles. The van der Waals surface area contributed by atoms with E-state index in [1.165, 1.54) is 31.4 Å². The maximum atomic E-state index is 13.3. The zero-order chi connectivity index (χ0) is 34.9. The highest BCUT2D eigenvalue weighted by Crippen LogP contribution is 2.58. The fourth-order valence-electron chi connectivity index (χ4n) is 7.15. The third kappa shape index (κ3) is 5.00. The molecule has 2 aromatic heterocycles. The second-order valence-electron chi connectivity index (χ2n) is 11.9. The Labute approximate surface area is 287 Å². The number of hydrogen-bond donors (Lipinski definition) is 4. The summed E-state index contributed by atoms with van der Waals surface area (Å²) in [4.78, 5) is 26.8. The zero-order valence-corrected chi connectivity index (χ0v) is 27.2. The fourth-order valence-corrected chi connectivity index (χ4v) is 7.15. The highest BCUT2D eigenvalue weighted by Gasteiger charge is 2.72. The van der Waals surface area contributed by atoms with Gasteiger partial charge in [0.1, 0.15) is 18.5 Å². The van der Waals surface area contributed by atoms with Crippen molar-refractivity contribution in [2.45, 2.75) is 35.4 Å². The predicted molar refractivity (Wildman–Crippen MR) is 183 cm³/mol. The van der Waals surface area contributed by atoms with Crippen molar-refractivity contribution in [1.82, 2.24) is 19.5 Å². The van der Waals surface area contributed by atoms with Crippen LogP contribution in [-0.4, -0.2) is 79.3 Å².